The van der Waals surface area contributed by atoms with Crippen molar-refractivity contribution in [1.82, 2.24) is 4.90 Å². The molecule has 1 atom stereocenters. The summed E-state index contributed by atoms with van der Waals surface area (Å²) < 4.78 is 38.1. The molecule has 1 fully saturated rings. The van der Waals surface area contributed by atoms with Crippen molar-refractivity contribution in [3.63, 3.8) is 0 Å². The van der Waals surface area contributed by atoms with Crippen LogP contribution in [0.25, 0.3) is 10.1 Å². The highest BCUT2D eigenvalue weighted by Crippen LogP contribution is 2.42. The Morgan fingerprint density at radius 1 is 1.00 bits per heavy atom. The second-order valence-corrected chi connectivity index (χ2v) is 16.3. The number of hydrogen-bond acceptors (Lipinski definition) is 8. The van der Waals surface area contributed by atoms with E-state index >= 15 is 0 Å². The van der Waals surface area contributed by atoms with E-state index in [2.05, 4.69) is 20.8 Å². The maximum Gasteiger partial charge on any atom is 0.348 e. The number of rotatable bonds is 9. The van der Waals surface area contributed by atoms with Gasteiger partial charge in [0.2, 0.25) is 0 Å². The maximum absolute atomic E-state index is 14.9. The van der Waals surface area contributed by atoms with Crippen molar-refractivity contribution < 1.29 is 22.7 Å². The second-order valence-electron chi connectivity index (χ2n) is 11.3. The van der Waals surface area contributed by atoms with E-state index in [4.69, 9.17) is 16.3 Å². The Balaban J connectivity index is 1.40. The van der Waals surface area contributed by atoms with Crippen LogP contribution in [0.1, 0.15) is 50.4 Å². The summed E-state index contributed by atoms with van der Waals surface area (Å²) in [6.45, 7) is 7.66. The number of benzene rings is 3. The van der Waals surface area contributed by atoms with Crippen molar-refractivity contribution in [1.29, 1.82) is 0 Å². The predicted molar refractivity (Wildman–Crippen MR) is 199 cm³/mol. The smallest absolute Gasteiger partial charge is 0.348 e. The van der Waals surface area contributed by atoms with Gasteiger partial charge in [-0.05, 0) is 101 Å². The van der Waals surface area contributed by atoms with Gasteiger partial charge in [0.15, 0.2) is 0 Å². The molecule has 5 aromatic rings. The summed E-state index contributed by atoms with van der Waals surface area (Å²) in [5.41, 5.74) is 2.58. The minimum Gasteiger partial charge on any atom is -0.462 e. The SMILES string of the molecule is CCOC(=O)c1sc2ccc(S(=O)(=O)N(c3ccccc3N3CCN(C(=O)c4sccc4Br)CC3)C(C)c3ccccc3Cl)cc2c1C. The monoisotopic (exact) mass is 785 g/mol. The third-order valence-corrected chi connectivity index (χ3v) is 13.8. The van der Waals surface area contributed by atoms with Crippen molar-refractivity contribution in [3.05, 3.63) is 109 Å². The first kappa shape index (κ1) is 34.4. The quantitative estimate of drug-likeness (QED) is 0.139. The number of esters is 1. The molecule has 0 N–H and O–H groups in total. The fraction of sp³-hybridized carbons (Fsp3) is 0.257. The molecule has 0 bridgehead atoms. The van der Waals surface area contributed by atoms with Crippen LogP contribution in [0.4, 0.5) is 11.4 Å². The molecule has 0 aliphatic carbocycles. The molecule has 1 saturated heterocycles. The third kappa shape index (κ3) is 6.48. The largest absolute Gasteiger partial charge is 0.462 e. The highest BCUT2D eigenvalue weighted by molar-refractivity contribution is 9.10. The zero-order valence-electron chi connectivity index (χ0n) is 26.5. The summed E-state index contributed by atoms with van der Waals surface area (Å²) in [6.07, 6.45) is 0. The number of piperazine rings is 1. The number of thiophene rings is 2. The normalized spacial score (nSPS) is 14.3. The first-order valence-electron chi connectivity index (χ1n) is 15.4. The number of aryl methyl sites for hydroxylation is 1. The highest BCUT2D eigenvalue weighted by Gasteiger charge is 2.35. The Morgan fingerprint density at radius 3 is 2.40 bits per heavy atom. The molecule has 0 spiro atoms. The van der Waals surface area contributed by atoms with E-state index in [9.17, 15) is 18.0 Å². The molecular formula is C35H33BrClN3O5S3. The standard InChI is InChI=1S/C35H33BrClN3O5S3/c1-4-45-35(42)32-22(2)26-21-24(13-14-31(26)47-32)48(43,44)40(23(3)25-9-5-6-10-28(25)37)30-12-8-7-11-29(30)38-16-18-39(19-17-38)34(41)33-27(36)15-20-46-33/h5-15,20-21,23H,4,16-19H2,1-3H3. The van der Waals surface area contributed by atoms with Crippen LogP contribution < -0.4 is 9.21 Å². The molecule has 3 heterocycles. The van der Waals surface area contributed by atoms with Crippen LogP contribution in [0.5, 0.6) is 0 Å². The van der Waals surface area contributed by atoms with Crippen molar-refractivity contribution in [2.24, 2.45) is 0 Å². The summed E-state index contributed by atoms with van der Waals surface area (Å²) >= 11 is 12.8. The summed E-state index contributed by atoms with van der Waals surface area (Å²) in [6, 6.07) is 20.9. The molecule has 1 amide bonds. The molecule has 0 saturated carbocycles. The number of sulfonamides is 1. The van der Waals surface area contributed by atoms with Crippen LogP contribution >= 0.6 is 50.2 Å². The molecular weight excluding hydrogens is 754 g/mol. The Labute approximate surface area is 301 Å². The molecule has 13 heteroatoms. The van der Waals surface area contributed by atoms with Crippen molar-refractivity contribution in [3.8, 4) is 0 Å². The second kappa shape index (κ2) is 14.2. The van der Waals surface area contributed by atoms with Gasteiger partial charge < -0.3 is 14.5 Å². The molecule has 48 heavy (non-hydrogen) atoms. The van der Waals surface area contributed by atoms with Crippen LogP contribution in [0.15, 0.2) is 87.5 Å². The van der Waals surface area contributed by atoms with Gasteiger partial charge in [0.1, 0.15) is 9.75 Å². The van der Waals surface area contributed by atoms with Crippen molar-refractivity contribution in [2.75, 3.05) is 42.0 Å². The number of amides is 1. The molecule has 1 aliphatic heterocycles. The number of anilines is 2. The molecule has 8 nitrogen and oxygen atoms in total. The number of carbonyl (C=O) groups is 2. The van der Waals surface area contributed by atoms with E-state index in [0.717, 1.165) is 14.9 Å². The van der Waals surface area contributed by atoms with Gasteiger partial charge >= 0.3 is 5.97 Å². The zero-order valence-corrected chi connectivity index (χ0v) is 31.3. The lowest BCUT2D eigenvalue weighted by atomic mass is 10.1. The lowest BCUT2D eigenvalue weighted by Crippen LogP contribution is -2.49. The molecule has 1 unspecified atom stereocenters. The van der Waals surface area contributed by atoms with Crippen LogP contribution in [-0.4, -0.2) is 58.0 Å². The first-order chi connectivity index (χ1) is 23.0. The molecule has 3 aromatic carbocycles. The van der Waals surface area contributed by atoms with Gasteiger partial charge in [-0.2, -0.15) is 0 Å². The fourth-order valence-electron chi connectivity index (χ4n) is 6.01. The zero-order chi connectivity index (χ0) is 34.2. The number of halogens is 2. The lowest BCUT2D eigenvalue weighted by molar-refractivity contribution is 0.0531. The van der Waals surface area contributed by atoms with Crippen LogP contribution in [-0.2, 0) is 14.8 Å². The number of carbonyl (C=O) groups excluding carboxylic acids is 2. The van der Waals surface area contributed by atoms with E-state index in [1.54, 1.807) is 31.2 Å². The molecule has 0 radical (unpaired) electrons. The molecule has 1 aliphatic rings. The Hall–Kier alpha value is -3.42. The highest BCUT2D eigenvalue weighted by atomic mass is 79.9. The lowest BCUT2D eigenvalue weighted by Gasteiger charge is -2.39. The number of hydrogen-bond donors (Lipinski definition) is 0. The third-order valence-electron chi connectivity index (χ3n) is 8.47. The molecule has 250 valence electrons. The Morgan fingerprint density at radius 2 is 1.71 bits per heavy atom. The summed E-state index contributed by atoms with van der Waals surface area (Å²) in [5.74, 6) is -0.445. The Bertz CT molecular complexity index is 2110. The summed E-state index contributed by atoms with van der Waals surface area (Å²) in [4.78, 5) is 31.0. The van der Waals surface area contributed by atoms with E-state index in [1.165, 1.54) is 27.0 Å². The summed E-state index contributed by atoms with van der Waals surface area (Å²) in [7, 11) is -4.20. The maximum atomic E-state index is 14.9. The Kier molecular flexibility index (Phi) is 10.2. The predicted octanol–water partition coefficient (Wildman–Crippen LogP) is 8.78. The average Bonchev–Trinajstić information content (AvgIpc) is 3.67. The van der Waals surface area contributed by atoms with E-state index in [-0.39, 0.29) is 17.4 Å². The van der Waals surface area contributed by atoms with Crippen molar-refractivity contribution >= 4 is 93.6 Å². The van der Waals surface area contributed by atoms with E-state index in [0.29, 0.717) is 63.2 Å². The van der Waals surface area contributed by atoms with E-state index < -0.39 is 22.0 Å². The van der Waals surface area contributed by atoms with Gasteiger partial charge in [0.25, 0.3) is 15.9 Å². The average molecular weight is 787 g/mol. The van der Waals surface area contributed by atoms with Crippen LogP contribution in [0.2, 0.25) is 5.02 Å². The number of para-hydroxylation sites is 2. The minimum absolute atomic E-state index is 0.0217. The van der Waals surface area contributed by atoms with Crippen molar-refractivity contribution in [2.45, 2.75) is 31.7 Å². The number of fused-ring (bicyclic) bond motifs is 1. The van der Waals surface area contributed by atoms with Gasteiger partial charge in [-0.1, -0.05) is 41.9 Å². The van der Waals surface area contributed by atoms with Crippen LogP contribution in [0, 0.1) is 6.92 Å². The number of nitrogens with zero attached hydrogens (tertiary/aromatic N) is 3. The van der Waals surface area contributed by atoms with Gasteiger partial charge in [-0.3, -0.25) is 9.10 Å². The first-order valence-corrected chi connectivity index (χ1v) is 19.7. The van der Waals surface area contributed by atoms with Gasteiger partial charge in [0.05, 0.1) is 28.9 Å². The molecule has 2 aromatic heterocycles. The van der Waals surface area contributed by atoms with Gasteiger partial charge in [-0.25, -0.2) is 13.2 Å². The van der Waals surface area contributed by atoms with Gasteiger partial charge in [0, 0.05) is 40.4 Å². The molecule has 6 rings (SSSR count). The van der Waals surface area contributed by atoms with Crippen LogP contribution in [0.3, 0.4) is 0 Å². The van der Waals surface area contributed by atoms with E-state index in [1.807, 2.05) is 72.7 Å². The fourth-order valence-corrected chi connectivity index (χ4v) is 10.6. The number of ether oxygens (including phenoxy) is 1. The minimum atomic E-state index is -4.20. The topological polar surface area (TPSA) is 87.2 Å². The summed E-state index contributed by atoms with van der Waals surface area (Å²) in [5, 5.41) is 3.02. The van der Waals surface area contributed by atoms with Gasteiger partial charge in [-0.15, -0.1) is 22.7 Å².